The van der Waals surface area contributed by atoms with Gasteiger partial charge in [0.25, 0.3) is 0 Å². The smallest absolute Gasteiger partial charge is 0.223 e. The van der Waals surface area contributed by atoms with Crippen molar-refractivity contribution in [2.45, 2.75) is 52.1 Å². The molecule has 3 saturated carbocycles. The summed E-state index contributed by atoms with van der Waals surface area (Å²) in [5.41, 5.74) is 1.58. The number of hydrogen-bond donors (Lipinski definition) is 0. The second-order valence-electron chi connectivity index (χ2n) is 9.14. The van der Waals surface area contributed by atoms with Gasteiger partial charge in [0.2, 0.25) is 5.78 Å². The summed E-state index contributed by atoms with van der Waals surface area (Å²) in [7, 11) is 1.53. The molecule has 0 aliphatic heterocycles. The molecule has 0 radical (unpaired) electrons. The van der Waals surface area contributed by atoms with E-state index in [0.29, 0.717) is 30.6 Å². The molecule has 0 aromatic rings. The molecule has 3 nitrogen and oxygen atoms in total. The zero-order valence-corrected chi connectivity index (χ0v) is 15.9. The number of allylic oxidation sites excluding steroid dienone is 2. The first kappa shape index (κ1) is 17.7. The molecule has 0 heterocycles. The molecule has 0 spiro atoms. The summed E-state index contributed by atoms with van der Waals surface area (Å²) in [4.78, 5) is 25.0. The Morgan fingerprint density at radius 2 is 1.81 bits per heavy atom. The van der Waals surface area contributed by atoms with Crippen molar-refractivity contribution in [2.75, 3.05) is 7.11 Å². The van der Waals surface area contributed by atoms with E-state index in [1.807, 2.05) is 6.92 Å². The molecule has 26 heavy (non-hydrogen) atoms. The molecule has 0 N–H and O–H groups in total. The zero-order chi connectivity index (χ0) is 19.0. The lowest BCUT2D eigenvalue weighted by Gasteiger charge is -2.57. The molecule has 0 aromatic carbocycles. The molecular formula is C22H27FO3. The van der Waals surface area contributed by atoms with Crippen LogP contribution >= 0.6 is 0 Å². The van der Waals surface area contributed by atoms with Gasteiger partial charge in [0.05, 0.1) is 7.11 Å². The van der Waals surface area contributed by atoms with Crippen molar-refractivity contribution in [1.29, 1.82) is 0 Å². The summed E-state index contributed by atoms with van der Waals surface area (Å²) in [6.07, 6.45) is 1.88. The first-order valence-corrected chi connectivity index (χ1v) is 9.53. The normalized spacial score (nSPS) is 45.4. The van der Waals surface area contributed by atoms with Crippen molar-refractivity contribution in [1.82, 2.24) is 0 Å². The van der Waals surface area contributed by atoms with E-state index in [0.717, 1.165) is 24.0 Å². The Morgan fingerprint density at radius 3 is 2.46 bits per heavy atom. The highest BCUT2D eigenvalue weighted by Crippen LogP contribution is 2.66. The average molecular weight is 358 g/mol. The van der Waals surface area contributed by atoms with Crippen molar-refractivity contribution in [3.05, 3.63) is 35.6 Å². The van der Waals surface area contributed by atoms with Crippen LogP contribution in [0.25, 0.3) is 0 Å². The van der Waals surface area contributed by atoms with E-state index in [-0.39, 0.29) is 34.7 Å². The number of halogens is 1. The van der Waals surface area contributed by atoms with Crippen molar-refractivity contribution in [3.63, 3.8) is 0 Å². The molecule has 6 atom stereocenters. The number of fused-ring (bicyclic) bond motifs is 5. The highest BCUT2D eigenvalue weighted by molar-refractivity contribution is 6.08. The molecular weight excluding hydrogens is 331 g/mol. The number of hydrogen-bond acceptors (Lipinski definition) is 3. The fourth-order valence-electron chi connectivity index (χ4n) is 6.72. The van der Waals surface area contributed by atoms with E-state index >= 15 is 0 Å². The standard InChI is InChI=1S/C22H27FO3/c1-11-8-13-14(6-7-21(3)15(13)9-16(23)20(21)25)22(4)10-12(2)18(24)19(26-5)17(11)22/h13-16H,1-2,6-10H2,3-5H3/t13-,14+,15+,16+,21+,22-/m1/s1. The third-order valence-electron chi connectivity index (χ3n) is 7.90. The van der Waals surface area contributed by atoms with Gasteiger partial charge < -0.3 is 4.74 Å². The summed E-state index contributed by atoms with van der Waals surface area (Å²) >= 11 is 0. The van der Waals surface area contributed by atoms with Gasteiger partial charge in [0.15, 0.2) is 17.7 Å². The van der Waals surface area contributed by atoms with Gasteiger partial charge in [0.1, 0.15) is 0 Å². The fourth-order valence-corrected chi connectivity index (χ4v) is 6.72. The van der Waals surface area contributed by atoms with Crippen LogP contribution in [0.15, 0.2) is 35.6 Å². The van der Waals surface area contributed by atoms with Crippen molar-refractivity contribution in [2.24, 2.45) is 28.6 Å². The van der Waals surface area contributed by atoms with Gasteiger partial charge in [-0.1, -0.05) is 27.0 Å². The summed E-state index contributed by atoms with van der Waals surface area (Å²) in [6, 6.07) is 0. The summed E-state index contributed by atoms with van der Waals surface area (Å²) in [5, 5.41) is 0. The average Bonchev–Trinajstić information content (AvgIpc) is 2.81. The minimum Gasteiger partial charge on any atom is -0.492 e. The molecule has 0 aromatic heterocycles. The number of Topliss-reactive ketones (excluding diaryl/α,β-unsaturated/α-hetero) is 2. The minimum atomic E-state index is -1.33. The van der Waals surface area contributed by atoms with Crippen LogP contribution in [-0.2, 0) is 14.3 Å². The largest absolute Gasteiger partial charge is 0.492 e. The highest BCUT2D eigenvalue weighted by atomic mass is 19.1. The molecule has 0 bridgehead atoms. The molecule has 4 rings (SSSR count). The van der Waals surface area contributed by atoms with E-state index in [1.165, 1.54) is 7.11 Å². The van der Waals surface area contributed by atoms with E-state index in [4.69, 9.17) is 4.74 Å². The van der Waals surface area contributed by atoms with Crippen molar-refractivity contribution >= 4 is 11.6 Å². The van der Waals surface area contributed by atoms with Gasteiger partial charge in [-0.3, -0.25) is 9.59 Å². The summed E-state index contributed by atoms with van der Waals surface area (Å²) in [6.45, 7) is 12.4. The van der Waals surface area contributed by atoms with Crippen LogP contribution in [0.1, 0.15) is 46.0 Å². The number of alkyl halides is 1. The molecule has 0 saturated heterocycles. The second-order valence-corrected chi connectivity index (χ2v) is 9.14. The van der Waals surface area contributed by atoms with Crippen LogP contribution in [0.3, 0.4) is 0 Å². The molecule has 4 aliphatic rings. The van der Waals surface area contributed by atoms with Crippen LogP contribution in [-0.4, -0.2) is 24.8 Å². The van der Waals surface area contributed by atoms with Crippen LogP contribution in [0.2, 0.25) is 0 Å². The number of carbonyl (C=O) groups excluding carboxylic acids is 2. The lowest BCUT2D eigenvalue weighted by Crippen LogP contribution is -2.52. The van der Waals surface area contributed by atoms with E-state index in [1.54, 1.807) is 0 Å². The number of rotatable bonds is 1. The monoisotopic (exact) mass is 358 g/mol. The molecule has 140 valence electrons. The predicted molar refractivity (Wildman–Crippen MR) is 97.0 cm³/mol. The maximum Gasteiger partial charge on any atom is 0.223 e. The van der Waals surface area contributed by atoms with Crippen LogP contribution in [0, 0.1) is 28.6 Å². The highest BCUT2D eigenvalue weighted by Gasteiger charge is 2.63. The summed E-state index contributed by atoms with van der Waals surface area (Å²) in [5.74, 6) is 0.606. The fraction of sp³-hybridized carbons (Fsp3) is 0.636. The first-order valence-electron chi connectivity index (χ1n) is 9.53. The lowest BCUT2D eigenvalue weighted by atomic mass is 9.46. The van der Waals surface area contributed by atoms with E-state index < -0.39 is 11.6 Å². The number of ketones is 2. The van der Waals surface area contributed by atoms with Gasteiger partial charge in [-0.15, -0.1) is 0 Å². The van der Waals surface area contributed by atoms with Gasteiger partial charge >= 0.3 is 0 Å². The number of carbonyl (C=O) groups is 2. The van der Waals surface area contributed by atoms with Gasteiger partial charge in [-0.25, -0.2) is 4.39 Å². The first-order chi connectivity index (χ1) is 12.1. The van der Waals surface area contributed by atoms with E-state index in [2.05, 4.69) is 20.1 Å². The Kier molecular flexibility index (Phi) is 3.67. The SMILES string of the molecule is C=C1C[C@@]2(C)C(=C(OC)C1=O)C(=C)C[C@@H]1[C@@H]2CC[C@]2(C)C(=O)[C@@H](F)C[C@@H]12. The maximum absolute atomic E-state index is 14.3. The van der Waals surface area contributed by atoms with Crippen molar-refractivity contribution in [3.8, 4) is 0 Å². The molecule has 4 aliphatic carbocycles. The predicted octanol–water partition coefficient (Wildman–Crippen LogP) is 4.34. The summed E-state index contributed by atoms with van der Waals surface area (Å²) < 4.78 is 19.8. The van der Waals surface area contributed by atoms with Gasteiger partial charge in [-0.2, -0.15) is 0 Å². The van der Waals surface area contributed by atoms with Gasteiger partial charge in [-0.05, 0) is 61.0 Å². The quantitative estimate of drug-likeness (QED) is 0.655. The Morgan fingerprint density at radius 1 is 1.12 bits per heavy atom. The maximum atomic E-state index is 14.3. The van der Waals surface area contributed by atoms with Crippen molar-refractivity contribution < 1.29 is 18.7 Å². The third-order valence-corrected chi connectivity index (χ3v) is 7.90. The topological polar surface area (TPSA) is 43.4 Å². The number of ether oxygens (including phenoxy) is 1. The molecule has 0 unspecified atom stereocenters. The number of methoxy groups -OCH3 is 1. The third kappa shape index (κ3) is 1.99. The second kappa shape index (κ2) is 5.40. The molecule has 3 fully saturated rings. The lowest BCUT2D eigenvalue weighted by molar-refractivity contribution is -0.134. The Bertz CT molecular complexity index is 778. The van der Waals surface area contributed by atoms with Gasteiger partial charge in [0, 0.05) is 16.4 Å². The van der Waals surface area contributed by atoms with Crippen LogP contribution < -0.4 is 0 Å². The Labute approximate surface area is 154 Å². The molecule has 0 amide bonds. The van der Waals surface area contributed by atoms with E-state index in [9.17, 15) is 14.0 Å². The van der Waals surface area contributed by atoms with Crippen LogP contribution in [0.5, 0.6) is 0 Å². The molecule has 4 heteroatoms. The minimum absolute atomic E-state index is 0.0516. The Balaban J connectivity index is 1.83. The van der Waals surface area contributed by atoms with Crippen LogP contribution in [0.4, 0.5) is 4.39 Å². The Hall–Kier alpha value is -1.71. The zero-order valence-electron chi connectivity index (χ0n) is 15.9.